The van der Waals surface area contributed by atoms with Crippen molar-refractivity contribution in [3.05, 3.63) is 35.6 Å². The van der Waals surface area contributed by atoms with Crippen molar-refractivity contribution in [3.8, 4) is 0 Å². The molecule has 1 aliphatic rings. The highest BCUT2D eigenvalue weighted by Gasteiger charge is 2.28. The van der Waals surface area contributed by atoms with Crippen molar-refractivity contribution in [2.45, 2.75) is 38.4 Å². The molecule has 4 nitrogen and oxygen atoms in total. The van der Waals surface area contributed by atoms with Gasteiger partial charge in [-0.05, 0) is 51.1 Å². The Morgan fingerprint density at radius 3 is 2.91 bits per heavy atom. The van der Waals surface area contributed by atoms with E-state index in [1.165, 1.54) is 12.1 Å². The summed E-state index contributed by atoms with van der Waals surface area (Å²) in [6.07, 6.45) is 2.27. The highest BCUT2D eigenvalue weighted by Crippen LogP contribution is 2.15. The smallest absolute Gasteiger partial charge is 0.239 e. The van der Waals surface area contributed by atoms with Crippen molar-refractivity contribution in [1.29, 1.82) is 0 Å². The fraction of sp³-hybridized carbons (Fsp3) is 0.588. The highest BCUT2D eigenvalue weighted by atomic mass is 35.5. The van der Waals surface area contributed by atoms with E-state index in [0.717, 1.165) is 31.5 Å². The molecule has 1 aliphatic heterocycles. The highest BCUT2D eigenvalue weighted by molar-refractivity contribution is 5.85. The van der Waals surface area contributed by atoms with Crippen molar-refractivity contribution < 1.29 is 9.18 Å². The molecule has 0 spiro atoms. The number of nitrogens with zero attached hydrogens (tertiary/aromatic N) is 2. The van der Waals surface area contributed by atoms with E-state index < -0.39 is 0 Å². The van der Waals surface area contributed by atoms with Crippen LogP contribution in [-0.4, -0.2) is 55.0 Å². The van der Waals surface area contributed by atoms with Crippen molar-refractivity contribution in [2.75, 3.05) is 27.2 Å². The van der Waals surface area contributed by atoms with Gasteiger partial charge >= 0.3 is 0 Å². The molecule has 2 rings (SSSR count). The summed E-state index contributed by atoms with van der Waals surface area (Å²) in [5.41, 5.74) is 0.815. The number of nitrogens with one attached hydrogen (secondary N) is 1. The van der Waals surface area contributed by atoms with Crippen LogP contribution in [0.4, 0.5) is 4.39 Å². The minimum Gasteiger partial charge on any atom is -0.340 e. The van der Waals surface area contributed by atoms with Gasteiger partial charge in [0.15, 0.2) is 0 Å². The van der Waals surface area contributed by atoms with E-state index in [1.807, 2.05) is 20.0 Å². The molecule has 130 valence electrons. The van der Waals surface area contributed by atoms with Gasteiger partial charge in [0.1, 0.15) is 5.82 Å². The van der Waals surface area contributed by atoms with Gasteiger partial charge in [0.2, 0.25) is 5.91 Å². The number of amides is 1. The van der Waals surface area contributed by atoms with Crippen LogP contribution in [-0.2, 0) is 11.3 Å². The summed E-state index contributed by atoms with van der Waals surface area (Å²) in [4.78, 5) is 16.5. The van der Waals surface area contributed by atoms with Gasteiger partial charge in [-0.3, -0.25) is 9.69 Å². The number of likely N-dealkylation sites (N-methyl/N-ethyl adjacent to an activating group) is 2. The predicted octanol–water partition coefficient (Wildman–Crippen LogP) is 2.28. The van der Waals surface area contributed by atoms with Gasteiger partial charge in [-0.25, -0.2) is 4.39 Å². The minimum absolute atomic E-state index is 0. The Labute approximate surface area is 144 Å². The molecule has 1 aromatic carbocycles. The van der Waals surface area contributed by atoms with Gasteiger partial charge in [0.05, 0.1) is 6.04 Å². The zero-order chi connectivity index (χ0) is 16.1. The summed E-state index contributed by atoms with van der Waals surface area (Å²) in [7, 11) is 3.75. The molecule has 1 amide bonds. The first-order valence-corrected chi connectivity index (χ1v) is 7.92. The Hall–Kier alpha value is -1.17. The molecule has 1 saturated heterocycles. The molecule has 1 N–H and O–H groups in total. The molecule has 1 aromatic rings. The van der Waals surface area contributed by atoms with Crippen LogP contribution in [0.1, 0.15) is 25.3 Å². The van der Waals surface area contributed by atoms with Crippen LogP contribution in [0.15, 0.2) is 24.3 Å². The second-order valence-electron chi connectivity index (χ2n) is 6.12. The number of likely N-dealkylation sites (tertiary alicyclic amines) is 1. The Bertz CT molecular complexity index is 514. The van der Waals surface area contributed by atoms with Gasteiger partial charge in [-0.2, -0.15) is 0 Å². The van der Waals surface area contributed by atoms with Crippen molar-refractivity contribution in [2.24, 2.45) is 0 Å². The zero-order valence-electron chi connectivity index (χ0n) is 14.1. The summed E-state index contributed by atoms with van der Waals surface area (Å²) >= 11 is 0. The van der Waals surface area contributed by atoms with Crippen LogP contribution in [0.25, 0.3) is 0 Å². The molecule has 0 radical (unpaired) electrons. The maximum Gasteiger partial charge on any atom is 0.239 e. The second-order valence-corrected chi connectivity index (χ2v) is 6.12. The lowest BCUT2D eigenvalue weighted by atomic mass is 10.0. The number of carbonyl (C=O) groups excluding carboxylic acids is 1. The van der Waals surface area contributed by atoms with E-state index in [9.17, 15) is 9.18 Å². The Morgan fingerprint density at radius 2 is 2.26 bits per heavy atom. The van der Waals surface area contributed by atoms with Gasteiger partial charge in [-0.15, -0.1) is 12.4 Å². The minimum atomic E-state index is -0.265. The average molecular weight is 344 g/mol. The summed E-state index contributed by atoms with van der Waals surface area (Å²) in [5.74, 6) is -0.180. The monoisotopic (exact) mass is 343 g/mol. The molecule has 2 atom stereocenters. The van der Waals surface area contributed by atoms with Crippen LogP contribution < -0.4 is 5.32 Å². The Kier molecular flexibility index (Phi) is 7.95. The van der Waals surface area contributed by atoms with Crippen LogP contribution in [0, 0.1) is 5.82 Å². The van der Waals surface area contributed by atoms with Gasteiger partial charge in [-0.1, -0.05) is 12.1 Å². The second kappa shape index (κ2) is 9.21. The van der Waals surface area contributed by atoms with Crippen molar-refractivity contribution in [3.63, 3.8) is 0 Å². The molecule has 0 bridgehead atoms. The molecular weight excluding hydrogens is 317 g/mol. The predicted molar refractivity (Wildman–Crippen MR) is 93.2 cm³/mol. The Balaban J connectivity index is 0.00000264. The van der Waals surface area contributed by atoms with Gasteiger partial charge in [0, 0.05) is 26.2 Å². The first-order chi connectivity index (χ1) is 10.5. The van der Waals surface area contributed by atoms with Crippen LogP contribution in [0.3, 0.4) is 0 Å². The van der Waals surface area contributed by atoms with Gasteiger partial charge in [0.25, 0.3) is 0 Å². The lowest BCUT2D eigenvalue weighted by Crippen LogP contribution is -2.52. The number of halogens is 2. The third-order valence-corrected chi connectivity index (χ3v) is 4.45. The van der Waals surface area contributed by atoms with E-state index in [-0.39, 0.29) is 30.2 Å². The van der Waals surface area contributed by atoms with Crippen LogP contribution >= 0.6 is 12.4 Å². The number of rotatable bonds is 5. The molecule has 6 heteroatoms. The molecule has 0 saturated carbocycles. The van der Waals surface area contributed by atoms with E-state index >= 15 is 0 Å². The summed E-state index contributed by atoms with van der Waals surface area (Å²) in [5, 5.41) is 3.29. The fourth-order valence-electron chi connectivity index (χ4n) is 3.06. The van der Waals surface area contributed by atoms with Crippen LogP contribution in [0.5, 0.6) is 0 Å². The summed E-state index contributed by atoms with van der Waals surface area (Å²) in [6, 6.07) is 6.72. The maximum absolute atomic E-state index is 13.2. The topological polar surface area (TPSA) is 35.6 Å². The number of carbonyl (C=O) groups is 1. The zero-order valence-corrected chi connectivity index (χ0v) is 14.9. The van der Waals surface area contributed by atoms with Crippen LogP contribution in [0.2, 0.25) is 0 Å². The molecule has 1 heterocycles. The SMILES string of the molecule is CNC1CCCN(C(C)C(=O)N(C)Cc2cccc(F)c2)C1.Cl. The van der Waals surface area contributed by atoms with E-state index in [2.05, 4.69) is 10.2 Å². The molecule has 2 unspecified atom stereocenters. The Morgan fingerprint density at radius 1 is 1.52 bits per heavy atom. The average Bonchev–Trinajstić information content (AvgIpc) is 2.53. The normalized spacial score (nSPS) is 19.7. The fourth-order valence-corrected chi connectivity index (χ4v) is 3.06. The quantitative estimate of drug-likeness (QED) is 0.891. The molecule has 1 fully saturated rings. The van der Waals surface area contributed by atoms with Gasteiger partial charge < -0.3 is 10.2 Å². The summed E-state index contributed by atoms with van der Waals surface area (Å²) < 4.78 is 13.2. The molecule has 0 aromatic heterocycles. The standard InChI is InChI=1S/C17H26FN3O.ClH/c1-13(21-9-5-8-16(12-21)19-2)17(22)20(3)11-14-6-4-7-15(18)10-14;/h4,6-7,10,13,16,19H,5,8-9,11-12H2,1-3H3;1H. The summed E-state index contributed by atoms with van der Waals surface area (Å²) in [6.45, 7) is 4.25. The third-order valence-electron chi connectivity index (χ3n) is 4.45. The third kappa shape index (κ3) is 5.44. The number of hydrogen-bond donors (Lipinski definition) is 1. The molecule has 0 aliphatic carbocycles. The lowest BCUT2D eigenvalue weighted by molar-refractivity contribution is -0.136. The number of hydrogen-bond acceptors (Lipinski definition) is 3. The number of piperidine rings is 1. The van der Waals surface area contributed by atoms with E-state index in [0.29, 0.717) is 12.6 Å². The van der Waals surface area contributed by atoms with Crippen molar-refractivity contribution >= 4 is 18.3 Å². The van der Waals surface area contributed by atoms with E-state index in [4.69, 9.17) is 0 Å². The molecular formula is C17H27ClFN3O. The first kappa shape index (κ1) is 19.9. The lowest BCUT2D eigenvalue weighted by Gasteiger charge is -2.37. The maximum atomic E-state index is 13.2. The number of benzene rings is 1. The molecule has 23 heavy (non-hydrogen) atoms. The van der Waals surface area contributed by atoms with Crippen molar-refractivity contribution in [1.82, 2.24) is 15.1 Å². The largest absolute Gasteiger partial charge is 0.340 e. The van der Waals surface area contributed by atoms with E-state index in [1.54, 1.807) is 18.0 Å². The first-order valence-electron chi connectivity index (χ1n) is 7.92.